The lowest BCUT2D eigenvalue weighted by molar-refractivity contribution is -0.120. The maximum Gasteiger partial charge on any atom is 0.224 e. The van der Waals surface area contributed by atoms with Gasteiger partial charge in [0.05, 0.1) is 13.0 Å². The van der Waals surface area contributed by atoms with Crippen LogP contribution < -0.4 is 10.1 Å². The molecule has 0 saturated heterocycles. The van der Waals surface area contributed by atoms with Crippen LogP contribution in [0, 0.1) is 12.7 Å². The maximum absolute atomic E-state index is 13.0. The number of carbonyl (C=O) groups is 1. The number of halogens is 1. The molecule has 0 atom stereocenters. The third-order valence-corrected chi connectivity index (χ3v) is 2.97. The molecule has 0 heterocycles. The summed E-state index contributed by atoms with van der Waals surface area (Å²) in [7, 11) is 0. The van der Waals surface area contributed by atoms with Gasteiger partial charge in [0.25, 0.3) is 0 Å². The third kappa shape index (κ3) is 5.26. The van der Waals surface area contributed by atoms with Gasteiger partial charge in [-0.05, 0) is 36.8 Å². The highest BCUT2D eigenvalue weighted by Crippen LogP contribution is 2.10. The maximum atomic E-state index is 13.0. The summed E-state index contributed by atoms with van der Waals surface area (Å²) in [6.07, 6.45) is 0.169. The second-order valence-corrected chi connectivity index (χ2v) is 4.82. The average molecular weight is 287 g/mol. The lowest BCUT2D eigenvalue weighted by Gasteiger charge is -2.08. The van der Waals surface area contributed by atoms with Crippen LogP contribution in [0.3, 0.4) is 0 Å². The molecule has 0 spiro atoms. The Kier molecular flexibility index (Phi) is 5.32. The number of amides is 1. The van der Waals surface area contributed by atoms with Crippen molar-refractivity contribution in [3.05, 3.63) is 65.5 Å². The first-order chi connectivity index (χ1) is 10.1. The Balaban J connectivity index is 1.68. The van der Waals surface area contributed by atoms with E-state index in [4.69, 9.17) is 4.74 Å². The molecule has 0 aliphatic rings. The van der Waals surface area contributed by atoms with E-state index in [-0.39, 0.29) is 18.1 Å². The molecule has 0 saturated carbocycles. The number of nitrogens with one attached hydrogen (secondary N) is 1. The summed E-state index contributed by atoms with van der Waals surface area (Å²) in [6, 6.07) is 13.8. The number of aryl methyl sites for hydroxylation is 1. The van der Waals surface area contributed by atoms with E-state index in [9.17, 15) is 9.18 Å². The van der Waals surface area contributed by atoms with Gasteiger partial charge in [0.15, 0.2) is 0 Å². The van der Waals surface area contributed by atoms with Crippen molar-refractivity contribution in [2.24, 2.45) is 0 Å². The van der Waals surface area contributed by atoms with Gasteiger partial charge in [-0.25, -0.2) is 4.39 Å². The molecule has 0 aliphatic heterocycles. The predicted molar refractivity (Wildman–Crippen MR) is 79.8 cm³/mol. The second kappa shape index (κ2) is 7.43. The van der Waals surface area contributed by atoms with Crippen LogP contribution in [-0.4, -0.2) is 19.1 Å². The highest BCUT2D eigenvalue weighted by Gasteiger charge is 2.03. The summed E-state index contributed by atoms with van der Waals surface area (Å²) < 4.78 is 18.5. The van der Waals surface area contributed by atoms with Crippen LogP contribution in [0.15, 0.2) is 48.5 Å². The fourth-order valence-electron chi connectivity index (χ4n) is 1.89. The van der Waals surface area contributed by atoms with Crippen LogP contribution in [-0.2, 0) is 11.2 Å². The molecule has 21 heavy (non-hydrogen) atoms. The predicted octanol–water partition coefficient (Wildman–Crippen LogP) is 2.87. The zero-order valence-corrected chi connectivity index (χ0v) is 11.9. The molecule has 0 bridgehead atoms. The summed E-state index contributed by atoms with van der Waals surface area (Å²) in [5.74, 6) is 0.302. The van der Waals surface area contributed by atoms with Crippen molar-refractivity contribution in [1.29, 1.82) is 0 Å². The molecule has 3 nitrogen and oxygen atoms in total. The number of ether oxygens (including phenoxy) is 1. The van der Waals surface area contributed by atoms with E-state index < -0.39 is 0 Å². The number of carbonyl (C=O) groups excluding carboxylic acids is 1. The van der Waals surface area contributed by atoms with Crippen LogP contribution in [0.4, 0.5) is 4.39 Å². The van der Waals surface area contributed by atoms with Gasteiger partial charge in [0, 0.05) is 0 Å². The van der Waals surface area contributed by atoms with E-state index in [1.165, 1.54) is 17.7 Å². The number of benzene rings is 2. The normalized spacial score (nSPS) is 10.2. The third-order valence-electron chi connectivity index (χ3n) is 2.97. The molecule has 4 heteroatoms. The molecule has 1 N–H and O–H groups in total. The first-order valence-corrected chi connectivity index (χ1v) is 6.84. The van der Waals surface area contributed by atoms with E-state index >= 15 is 0 Å². The van der Waals surface area contributed by atoms with Gasteiger partial charge < -0.3 is 10.1 Å². The van der Waals surface area contributed by atoms with Gasteiger partial charge in [0.1, 0.15) is 18.2 Å². The van der Waals surface area contributed by atoms with Crippen molar-refractivity contribution >= 4 is 5.91 Å². The fourth-order valence-corrected chi connectivity index (χ4v) is 1.89. The molecule has 0 aliphatic carbocycles. The molecule has 0 radical (unpaired) electrons. The summed E-state index contributed by atoms with van der Waals surface area (Å²) >= 11 is 0. The zero-order valence-electron chi connectivity index (χ0n) is 11.9. The molecule has 0 unspecified atom stereocenters. The lowest BCUT2D eigenvalue weighted by Crippen LogP contribution is -2.29. The summed E-state index contributed by atoms with van der Waals surface area (Å²) in [5, 5.41) is 2.75. The highest BCUT2D eigenvalue weighted by molar-refractivity contribution is 5.78. The SMILES string of the molecule is Cc1ccc(OCCNC(=O)Cc2cccc(F)c2)cc1. The Morgan fingerprint density at radius 3 is 2.67 bits per heavy atom. The standard InChI is InChI=1S/C17H18FNO2/c1-13-5-7-16(8-6-13)21-10-9-19-17(20)12-14-3-2-4-15(18)11-14/h2-8,11H,9-10,12H2,1H3,(H,19,20). The van der Waals surface area contributed by atoms with Crippen LogP contribution in [0.5, 0.6) is 5.75 Å². The average Bonchev–Trinajstić information content (AvgIpc) is 2.45. The van der Waals surface area contributed by atoms with E-state index in [1.807, 2.05) is 31.2 Å². The smallest absolute Gasteiger partial charge is 0.224 e. The summed E-state index contributed by atoms with van der Waals surface area (Å²) in [5.41, 5.74) is 1.83. The Hall–Kier alpha value is -2.36. The Labute approximate surface area is 123 Å². The van der Waals surface area contributed by atoms with Crippen molar-refractivity contribution in [2.45, 2.75) is 13.3 Å². The van der Waals surface area contributed by atoms with Crippen molar-refractivity contribution in [3.63, 3.8) is 0 Å². The van der Waals surface area contributed by atoms with E-state index in [2.05, 4.69) is 5.32 Å². The van der Waals surface area contributed by atoms with Crippen LogP contribution in [0.25, 0.3) is 0 Å². The molecule has 0 fully saturated rings. The number of hydrogen-bond donors (Lipinski definition) is 1. The molecular weight excluding hydrogens is 269 g/mol. The largest absolute Gasteiger partial charge is 0.492 e. The minimum atomic E-state index is -0.331. The molecule has 2 aromatic carbocycles. The Bertz CT molecular complexity index is 596. The number of hydrogen-bond acceptors (Lipinski definition) is 2. The molecule has 2 rings (SSSR count). The lowest BCUT2D eigenvalue weighted by atomic mass is 10.1. The molecule has 0 aromatic heterocycles. The number of rotatable bonds is 6. The fraction of sp³-hybridized carbons (Fsp3) is 0.235. The van der Waals surface area contributed by atoms with Gasteiger partial charge in [0.2, 0.25) is 5.91 Å². The van der Waals surface area contributed by atoms with Gasteiger partial charge in [-0.15, -0.1) is 0 Å². The topological polar surface area (TPSA) is 38.3 Å². The Morgan fingerprint density at radius 2 is 1.95 bits per heavy atom. The van der Waals surface area contributed by atoms with Gasteiger partial charge in [-0.2, -0.15) is 0 Å². The quantitative estimate of drug-likeness (QED) is 0.830. The van der Waals surface area contributed by atoms with Crippen LogP contribution >= 0.6 is 0 Å². The second-order valence-electron chi connectivity index (χ2n) is 4.82. The van der Waals surface area contributed by atoms with Crippen molar-refractivity contribution in [1.82, 2.24) is 5.32 Å². The van der Waals surface area contributed by atoms with E-state index in [1.54, 1.807) is 12.1 Å². The minimum absolute atomic E-state index is 0.145. The van der Waals surface area contributed by atoms with Gasteiger partial charge in [-0.1, -0.05) is 29.8 Å². The highest BCUT2D eigenvalue weighted by atomic mass is 19.1. The van der Waals surface area contributed by atoms with Crippen molar-refractivity contribution in [2.75, 3.05) is 13.2 Å². The Morgan fingerprint density at radius 1 is 1.19 bits per heavy atom. The van der Waals surface area contributed by atoms with Crippen molar-refractivity contribution in [3.8, 4) is 5.75 Å². The summed E-state index contributed by atoms with van der Waals surface area (Å²) in [4.78, 5) is 11.7. The van der Waals surface area contributed by atoms with Gasteiger partial charge in [-0.3, -0.25) is 4.79 Å². The minimum Gasteiger partial charge on any atom is -0.492 e. The first-order valence-electron chi connectivity index (χ1n) is 6.84. The monoisotopic (exact) mass is 287 g/mol. The van der Waals surface area contributed by atoms with Crippen molar-refractivity contribution < 1.29 is 13.9 Å². The zero-order chi connectivity index (χ0) is 15.1. The van der Waals surface area contributed by atoms with Crippen LogP contribution in [0.1, 0.15) is 11.1 Å². The summed E-state index contributed by atoms with van der Waals surface area (Å²) in [6.45, 7) is 2.83. The first kappa shape index (κ1) is 15.0. The van der Waals surface area contributed by atoms with Gasteiger partial charge >= 0.3 is 0 Å². The molecule has 1 amide bonds. The van der Waals surface area contributed by atoms with Crippen LogP contribution in [0.2, 0.25) is 0 Å². The molecular formula is C17H18FNO2. The van der Waals surface area contributed by atoms with E-state index in [0.717, 1.165) is 5.75 Å². The molecule has 2 aromatic rings. The molecule has 110 valence electrons. The van der Waals surface area contributed by atoms with E-state index in [0.29, 0.717) is 18.7 Å².